The van der Waals surface area contributed by atoms with Crippen molar-refractivity contribution in [2.24, 2.45) is 0 Å². The van der Waals surface area contributed by atoms with Crippen molar-refractivity contribution in [2.75, 3.05) is 4.23 Å². The molecule has 0 amide bonds. The first kappa shape index (κ1) is 15.5. The van der Waals surface area contributed by atoms with Crippen LogP contribution >= 0.6 is 11.3 Å². The van der Waals surface area contributed by atoms with Crippen LogP contribution in [-0.4, -0.2) is 16.5 Å². The van der Waals surface area contributed by atoms with Crippen molar-refractivity contribution < 1.29 is 0 Å². The third-order valence-electron chi connectivity index (χ3n) is 3.25. The van der Waals surface area contributed by atoms with Gasteiger partial charge in [0, 0.05) is 11.3 Å². The molecule has 0 N–H and O–H groups in total. The number of benzene rings is 1. The highest BCUT2D eigenvalue weighted by Crippen LogP contribution is 2.30. The lowest BCUT2D eigenvalue weighted by molar-refractivity contribution is 1.35. The van der Waals surface area contributed by atoms with Crippen molar-refractivity contribution in [1.29, 1.82) is 0 Å². The van der Waals surface area contributed by atoms with Crippen LogP contribution in [0.1, 0.15) is 0 Å². The Balaban J connectivity index is 2.37. The van der Waals surface area contributed by atoms with E-state index < -0.39 is 16.5 Å². The molecule has 0 saturated carbocycles. The van der Waals surface area contributed by atoms with Gasteiger partial charge in [-0.1, -0.05) is 51.4 Å². The minimum absolute atomic E-state index is 1.20. The zero-order chi connectivity index (χ0) is 15.0. The molecule has 1 radical (unpaired) electrons. The van der Waals surface area contributed by atoms with Gasteiger partial charge in [-0.05, 0) is 29.1 Å². The van der Waals surface area contributed by atoms with Crippen molar-refractivity contribution in [2.45, 2.75) is 39.3 Å². The number of hydrogen-bond donors (Lipinski definition) is 0. The number of hydrogen-bond acceptors (Lipinski definition) is 2. The molecule has 1 heterocycles. The fourth-order valence-corrected chi connectivity index (χ4v) is 13.4. The molecule has 2 aromatic rings. The summed E-state index contributed by atoms with van der Waals surface area (Å²) in [7, 11) is -2.71. The van der Waals surface area contributed by atoms with E-state index in [2.05, 4.69) is 84.6 Å². The Hall–Kier alpha value is -0.846. The summed E-state index contributed by atoms with van der Waals surface area (Å²) in [6, 6.07) is 11.2. The molecule has 0 bridgehead atoms. The lowest BCUT2D eigenvalue weighted by Gasteiger charge is -2.46. The molecule has 2 rings (SSSR count). The summed E-state index contributed by atoms with van der Waals surface area (Å²) in [5.74, 6) is 0. The van der Waals surface area contributed by atoms with E-state index in [-0.39, 0.29) is 0 Å². The maximum Gasteiger partial charge on any atom is 0.138 e. The van der Waals surface area contributed by atoms with Gasteiger partial charge in [-0.25, -0.2) is 0 Å². The summed E-state index contributed by atoms with van der Waals surface area (Å²) in [6.07, 6.45) is 0. The van der Waals surface area contributed by atoms with Gasteiger partial charge in [-0.2, -0.15) is 0 Å². The lowest BCUT2D eigenvalue weighted by atomic mass is 10.1. The normalized spacial score (nSPS) is 12.5. The highest BCUT2D eigenvalue weighted by molar-refractivity contribution is 7.07. The zero-order valence-electron chi connectivity index (χ0n) is 13.3. The van der Waals surface area contributed by atoms with Crippen molar-refractivity contribution in [3.63, 3.8) is 0 Å². The van der Waals surface area contributed by atoms with E-state index in [0.29, 0.717) is 0 Å². The Morgan fingerprint density at radius 3 is 1.80 bits per heavy atom. The van der Waals surface area contributed by atoms with E-state index in [0.717, 1.165) is 0 Å². The molecule has 107 valence electrons. The van der Waals surface area contributed by atoms with Gasteiger partial charge in [0.25, 0.3) is 0 Å². The highest BCUT2D eigenvalue weighted by Gasteiger charge is 2.34. The molecular weight excluding hydrogens is 294 g/mol. The maximum absolute atomic E-state index is 3.31. The van der Waals surface area contributed by atoms with Gasteiger partial charge in [0.05, 0.1) is 5.38 Å². The quantitative estimate of drug-likeness (QED) is 0.654. The van der Waals surface area contributed by atoms with Crippen molar-refractivity contribution in [3.05, 3.63) is 41.1 Å². The molecule has 1 aromatic carbocycles. The van der Waals surface area contributed by atoms with E-state index in [9.17, 15) is 0 Å². The second-order valence-electron chi connectivity index (χ2n) is 7.16. The van der Waals surface area contributed by atoms with Crippen LogP contribution in [0.3, 0.4) is 0 Å². The Morgan fingerprint density at radius 2 is 1.40 bits per heavy atom. The number of rotatable bonds is 4. The molecular formula is C16H24NSSi2. The first-order chi connectivity index (χ1) is 9.19. The first-order valence-corrected chi connectivity index (χ1v) is 14.8. The average molecular weight is 319 g/mol. The molecule has 1 nitrogen and oxygen atoms in total. The second kappa shape index (κ2) is 5.50. The molecule has 0 spiro atoms. The molecule has 20 heavy (non-hydrogen) atoms. The summed E-state index contributed by atoms with van der Waals surface area (Å²) in [6.45, 7) is 14.6. The average Bonchev–Trinajstić information content (AvgIpc) is 2.79. The van der Waals surface area contributed by atoms with Crippen LogP contribution in [-0.2, 0) is 0 Å². The second-order valence-corrected chi connectivity index (χ2v) is 17.9. The van der Waals surface area contributed by atoms with Crippen molar-refractivity contribution >= 4 is 33.5 Å². The van der Waals surface area contributed by atoms with Crippen LogP contribution in [0, 0.1) is 5.38 Å². The molecule has 0 aliphatic heterocycles. The summed E-state index contributed by atoms with van der Waals surface area (Å²) in [5.41, 5.74) is 3.86. The molecule has 0 saturated heterocycles. The third-order valence-corrected chi connectivity index (χ3v) is 11.1. The smallest absolute Gasteiger partial charge is 0.138 e. The molecule has 1 aromatic heterocycles. The third kappa shape index (κ3) is 3.42. The lowest BCUT2D eigenvalue weighted by Crippen LogP contribution is -2.59. The predicted octanol–water partition coefficient (Wildman–Crippen LogP) is 5.69. The largest absolute Gasteiger partial charge is 0.425 e. The van der Waals surface area contributed by atoms with E-state index >= 15 is 0 Å². The summed E-state index contributed by atoms with van der Waals surface area (Å²) in [4.78, 5) is 0. The van der Waals surface area contributed by atoms with Gasteiger partial charge in [-0.15, -0.1) is 11.3 Å². The minimum Gasteiger partial charge on any atom is -0.425 e. The molecule has 0 unspecified atom stereocenters. The van der Waals surface area contributed by atoms with Crippen LogP contribution in [0.15, 0.2) is 35.7 Å². The Bertz CT molecular complexity index is 534. The van der Waals surface area contributed by atoms with E-state index in [4.69, 9.17) is 0 Å². The van der Waals surface area contributed by atoms with Gasteiger partial charge in [0.2, 0.25) is 0 Å². The van der Waals surface area contributed by atoms with Crippen LogP contribution < -0.4 is 4.23 Å². The molecule has 0 aliphatic carbocycles. The van der Waals surface area contributed by atoms with Gasteiger partial charge in [-0.3, -0.25) is 0 Å². The topological polar surface area (TPSA) is 3.24 Å². The highest BCUT2D eigenvalue weighted by atomic mass is 32.1. The van der Waals surface area contributed by atoms with Crippen molar-refractivity contribution in [1.82, 2.24) is 0 Å². The maximum atomic E-state index is 3.31. The Kier molecular flexibility index (Phi) is 4.28. The number of anilines is 1. The summed E-state index contributed by atoms with van der Waals surface area (Å²) in [5, 5.41) is 5.39. The van der Waals surface area contributed by atoms with Gasteiger partial charge in [0.15, 0.2) is 0 Å². The fraction of sp³-hybridized carbons (Fsp3) is 0.375. The van der Waals surface area contributed by atoms with Crippen molar-refractivity contribution in [3.8, 4) is 11.1 Å². The molecule has 0 aliphatic rings. The monoisotopic (exact) mass is 318 g/mol. The zero-order valence-corrected chi connectivity index (χ0v) is 16.1. The molecule has 0 atom stereocenters. The summed E-state index contributed by atoms with van der Waals surface area (Å²) >= 11 is 1.63. The van der Waals surface area contributed by atoms with Gasteiger partial charge >= 0.3 is 0 Å². The standard InChI is InChI=1S/C16H24NSSi2/c1-19(2,3)17(20(4,5)6)16-9-7-14(8-10-16)15-11-12-18-13-15/h7-12H,1-6H3. The van der Waals surface area contributed by atoms with E-state index in [1.165, 1.54) is 16.8 Å². The van der Waals surface area contributed by atoms with E-state index in [1.54, 1.807) is 11.3 Å². The van der Waals surface area contributed by atoms with Crippen LogP contribution in [0.2, 0.25) is 39.3 Å². The molecule has 4 heteroatoms. The Labute approximate surface area is 129 Å². The fourth-order valence-electron chi connectivity index (χ4n) is 2.96. The number of thiophene rings is 1. The number of nitrogens with zero attached hydrogens (tertiary/aromatic N) is 1. The Morgan fingerprint density at radius 1 is 0.850 bits per heavy atom. The van der Waals surface area contributed by atoms with Crippen LogP contribution in [0.25, 0.3) is 11.1 Å². The van der Waals surface area contributed by atoms with E-state index in [1.807, 2.05) is 0 Å². The molecule has 0 fully saturated rings. The van der Waals surface area contributed by atoms with Gasteiger partial charge in [0.1, 0.15) is 16.5 Å². The predicted molar refractivity (Wildman–Crippen MR) is 97.8 cm³/mol. The summed E-state index contributed by atoms with van der Waals surface area (Å²) < 4.78 is 2.75. The van der Waals surface area contributed by atoms with Crippen LogP contribution in [0.5, 0.6) is 0 Å². The SMILES string of the molecule is C[Si](C)(C)N(c1ccc(-c2[c]scc2)cc1)[Si](C)(C)C. The van der Waals surface area contributed by atoms with Gasteiger partial charge < -0.3 is 4.23 Å². The minimum atomic E-state index is -1.36. The first-order valence-electron chi connectivity index (χ1n) is 7.05. The van der Waals surface area contributed by atoms with Crippen LogP contribution in [0.4, 0.5) is 5.69 Å².